The Hall–Kier alpha value is -2.04. The zero-order valence-corrected chi connectivity index (χ0v) is 15.4. The number of aromatic nitrogens is 2. The van der Waals surface area contributed by atoms with Crippen molar-refractivity contribution in [1.29, 1.82) is 0 Å². The van der Waals surface area contributed by atoms with Crippen molar-refractivity contribution in [1.82, 2.24) is 14.9 Å². The van der Waals surface area contributed by atoms with E-state index in [-0.39, 0.29) is 0 Å². The predicted octanol–water partition coefficient (Wildman–Crippen LogP) is 5.10. The Kier molecular flexibility index (Phi) is 5.38. The molecule has 122 valence electrons. The van der Waals surface area contributed by atoms with Crippen LogP contribution in [0.1, 0.15) is 24.2 Å². The van der Waals surface area contributed by atoms with Crippen molar-refractivity contribution >= 4 is 15.9 Å². The smallest absolute Gasteiger partial charge is 0.106 e. The highest BCUT2D eigenvalue weighted by Crippen LogP contribution is 2.21. The Morgan fingerprint density at radius 3 is 2.25 bits per heavy atom. The summed E-state index contributed by atoms with van der Waals surface area (Å²) in [5.74, 6) is 0. The average molecular weight is 382 g/mol. The number of benzene rings is 1. The number of hydrogen-bond donors (Lipinski definition) is 0. The monoisotopic (exact) mass is 381 g/mol. The molecular formula is C20H20BrN3. The van der Waals surface area contributed by atoms with Crippen LogP contribution < -0.4 is 0 Å². The fraction of sp³-hybridized carbons (Fsp3) is 0.200. The first-order chi connectivity index (χ1) is 11.6. The van der Waals surface area contributed by atoms with E-state index in [1.807, 2.05) is 36.4 Å². The number of pyridine rings is 2. The third-order valence-electron chi connectivity index (χ3n) is 4.14. The molecule has 0 saturated carbocycles. The second-order valence-corrected chi connectivity index (χ2v) is 6.67. The van der Waals surface area contributed by atoms with Crippen LogP contribution in [0, 0.1) is 0 Å². The van der Waals surface area contributed by atoms with E-state index in [9.17, 15) is 0 Å². The molecule has 0 saturated heterocycles. The van der Waals surface area contributed by atoms with Gasteiger partial charge in [-0.2, -0.15) is 0 Å². The van der Waals surface area contributed by atoms with Gasteiger partial charge < -0.3 is 0 Å². The number of rotatable bonds is 5. The minimum atomic E-state index is 0.334. The standard InChI is InChI=1S/C20H20BrN3/c1-15(16-8-4-3-5-9-16)24(2)14-17-10-6-11-18(22-17)19-12-7-13-20(21)23-19/h3-13,15H,14H2,1-2H3/t15-/m0/s1. The van der Waals surface area contributed by atoms with Crippen LogP contribution in [0.15, 0.2) is 71.3 Å². The lowest BCUT2D eigenvalue weighted by molar-refractivity contribution is 0.250. The van der Waals surface area contributed by atoms with Crippen LogP contribution in [0.4, 0.5) is 0 Å². The Labute approximate surface area is 151 Å². The molecule has 1 aromatic carbocycles. The normalized spacial score (nSPS) is 12.3. The highest BCUT2D eigenvalue weighted by Gasteiger charge is 2.12. The molecule has 0 fully saturated rings. The van der Waals surface area contributed by atoms with Crippen molar-refractivity contribution in [2.75, 3.05) is 7.05 Å². The first-order valence-corrected chi connectivity index (χ1v) is 8.77. The summed E-state index contributed by atoms with van der Waals surface area (Å²) in [4.78, 5) is 11.6. The van der Waals surface area contributed by atoms with E-state index < -0.39 is 0 Å². The van der Waals surface area contributed by atoms with Gasteiger partial charge in [0.05, 0.1) is 17.1 Å². The summed E-state index contributed by atoms with van der Waals surface area (Å²) in [6, 6.07) is 22.9. The highest BCUT2D eigenvalue weighted by atomic mass is 79.9. The molecule has 3 aromatic rings. The van der Waals surface area contributed by atoms with Gasteiger partial charge in [0.1, 0.15) is 4.60 Å². The van der Waals surface area contributed by atoms with E-state index >= 15 is 0 Å². The lowest BCUT2D eigenvalue weighted by Gasteiger charge is -2.24. The van der Waals surface area contributed by atoms with E-state index in [2.05, 4.69) is 70.1 Å². The number of nitrogens with zero attached hydrogens (tertiary/aromatic N) is 3. The van der Waals surface area contributed by atoms with Gasteiger partial charge in [-0.3, -0.25) is 4.90 Å². The minimum absolute atomic E-state index is 0.334. The van der Waals surface area contributed by atoms with Gasteiger partial charge in [-0.15, -0.1) is 0 Å². The van der Waals surface area contributed by atoms with Crippen LogP contribution in [-0.4, -0.2) is 21.9 Å². The summed E-state index contributed by atoms with van der Waals surface area (Å²) < 4.78 is 0.821. The summed E-state index contributed by atoms with van der Waals surface area (Å²) in [6.07, 6.45) is 0. The lowest BCUT2D eigenvalue weighted by atomic mass is 10.1. The molecule has 4 heteroatoms. The molecule has 0 aliphatic rings. The van der Waals surface area contributed by atoms with Crippen LogP contribution in [-0.2, 0) is 6.54 Å². The first-order valence-electron chi connectivity index (χ1n) is 7.97. The van der Waals surface area contributed by atoms with Gasteiger partial charge in [-0.1, -0.05) is 42.5 Å². The summed E-state index contributed by atoms with van der Waals surface area (Å²) in [5.41, 5.74) is 4.13. The molecule has 0 radical (unpaired) electrons. The third-order valence-corrected chi connectivity index (χ3v) is 4.58. The molecule has 0 aliphatic carbocycles. The molecule has 0 unspecified atom stereocenters. The van der Waals surface area contributed by atoms with E-state index in [0.717, 1.165) is 28.2 Å². The molecule has 3 nitrogen and oxygen atoms in total. The Morgan fingerprint density at radius 2 is 1.54 bits per heavy atom. The van der Waals surface area contributed by atoms with Crippen LogP contribution in [0.25, 0.3) is 11.4 Å². The molecule has 0 aliphatic heterocycles. The van der Waals surface area contributed by atoms with Crippen molar-refractivity contribution in [3.63, 3.8) is 0 Å². The quantitative estimate of drug-likeness (QED) is 0.575. The Balaban J connectivity index is 1.77. The van der Waals surface area contributed by atoms with E-state index in [0.29, 0.717) is 6.04 Å². The van der Waals surface area contributed by atoms with Crippen molar-refractivity contribution in [3.05, 3.63) is 82.6 Å². The fourth-order valence-corrected chi connectivity index (χ4v) is 2.98. The maximum absolute atomic E-state index is 4.78. The van der Waals surface area contributed by atoms with Crippen molar-refractivity contribution < 1.29 is 0 Å². The van der Waals surface area contributed by atoms with Gasteiger partial charge in [-0.25, -0.2) is 9.97 Å². The zero-order chi connectivity index (χ0) is 16.9. The molecule has 1 atom stereocenters. The number of hydrogen-bond acceptors (Lipinski definition) is 3. The molecule has 2 aromatic heterocycles. The van der Waals surface area contributed by atoms with E-state index in [1.165, 1.54) is 5.56 Å². The molecule has 0 spiro atoms. The van der Waals surface area contributed by atoms with Crippen molar-refractivity contribution in [3.8, 4) is 11.4 Å². The SMILES string of the molecule is C[C@@H](c1ccccc1)N(C)Cc1cccc(-c2cccc(Br)n2)n1. The van der Waals surface area contributed by atoms with Gasteiger partial charge in [0.2, 0.25) is 0 Å². The van der Waals surface area contributed by atoms with Crippen molar-refractivity contribution in [2.45, 2.75) is 19.5 Å². The van der Waals surface area contributed by atoms with Gasteiger partial charge in [0, 0.05) is 12.6 Å². The molecular weight excluding hydrogens is 362 g/mol. The van der Waals surface area contributed by atoms with Crippen LogP contribution in [0.3, 0.4) is 0 Å². The summed E-state index contributed by atoms with van der Waals surface area (Å²) in [6.45, 7) is 3.01. The van der Waals surface area contributed by atoms with Crippen LogP contribution >= 0.6 is 15.9 Å². The summed E-state index contributed by atoms with van der Waals surface area (Å²) >= 11 is 3.42. The van der Waals surface area contributed by atoms with Gasteiger partial charge in [-0.05, 0) is 59.7 Å². The Morgan fingerprint density at radius 1 is 0.875 bits per heavy atom. The maximum atomic E-state index is 4.78. The van der Waals surface area contributed by atoms with E-state index in [1.54, 1.807) is 0 Å². The molecule has 24 heavy (non-hydrogen) atoms. The molecule has 2 heterocycles. The molecule has 3 rings (SSSR count). The molecule has 0 N–H and O–H groups in total. The summed E-state index contributed by atoms with van der Waals surface area (Å²) in [7, 11) is 2.13. The van der Waals surface area contributed by atoms with Crippen molar-refractivity contribution in [2.24, 2.45) is 0 Å². The molecule has 0 amide bonds. The average Bonchev–Trinajstić information content (AvgIpc) is 2.62. The molecule has 0 bridgehead atoms. The zero-order valence-electron chi connectivity index (χ0n) is 13.9. The van der Waals surface area contributed by atoms with Gasteiger partial charge >= 0.3 is 0 Å². The van der Waals surface area contributed by atoms with Crippen LogP contribution in [0.2, 0.25) is 0 Å². The second kappa shape index (κ2) is 7.69. The Bertz CT molecular complexity index is 805. The van der Waals surface area contributed by atoms with Gasteiger partial charge in [0.25, 0.3) is 0 Å². The maximum Gasteiger partial charge on any atom is 0.106 e. The van der Waals surface area contributed by atoms with Crippen LogP contribution in [0.5, 0.6) is 0 Å². The topological polar surface area (TPSA) is 29.0 Å². The summed E-state index contributed by atoms with van der Waals surface area (Å²) in [5, 5.41) is 0. The largest absolute Gasteiger partial charge is 0.294 e. The minimum Gasteiger partial charge on any atom is -0.294 e. The fourth-order valence-electron chi connectivity index (χ4n) is 2.64. The number of halogens is 1. The lowest BCUT2D eigenvalue weighted by Crippen LogP contribution is -2.22. The third kappa shape index (κ3) is 4.08. The van der Waals surface area contributed by atoms with E-state index in [4.69, 9.17) is 4.98 Å². The van der Waals surface area contributed by atoms with Gasteiger partial charge in [0.15, 0.2) is 0 Å². The first kappa shape index (κ1) is 16.8. The predicted molar refractivity (Wildman–Crippen MR) is 101 cm³/mol. The second-order valence-electron chi connectivity index (χ2n) is 5.86. The highest BCUT2D eigenvalue weighted by molar-refractivity contribution is 9.10.